The molecule has 0 bridgehead atoms. The van der Waals surface area contributed by atoms with E-state index in [0.717, 1.165) is 0 Å². The molecule has 14 heavy (non-hydrogen) atoms. The van der Waals surface area contributed by atoms with E-state index in [-0.39, 0.29) is 12.2 Å². The zero-order chi connectivity index (χ0) is 10.6. The quantitative estimate of drug-likeness (QED) is 0.814. The van der Waals surface area contributed by atoms with Crippen LogP contribution in [0, 0.1) is 5.82 Å². The Bertz CT molecular complexity index is 304. The Kier molecular flexibility index (Phi) is 4.32. The highest BCUT2D eigenvalue weighted by Crippen LogP contribution is 2.24. The highest BCUT2D eigenvalue weighted by Gasteiger charge is 2.12. The third-order valence-corrected chi connectivity index (χ3v) is 2.19. The third kappa shape index (κ3) is 2.94. The van der Waals surface area contributed by atoms with E-state index >= 15 is 0 Å². The predicted molar refractivity (Wildman–Crippen MR) is 52.7 cm³/mol. The maximum absolute atomic E-state index is 13.2. The molecule has 0 spiro atoms. The van der Waals surface area contributed by atoms with Crippen molar-refractivity contribution in [3.05, 3.63) is 34.6 Å². The van der Waals surface area contributed by atoms with E-state index in [9.17, 15) is 9.50 Å². The number of benzene rings is 1. The third-order valence-electron chi connectivity index (χ3n) is 1.95. The van der Waals surface area contributed by atoms with Gasteiger partial charge in [0.2, 0.25) is 0 Å². The van der Waals surface area contributed by atoms with E-state index in [1.54, 1.807) is 0 Å². The second kappa shape index (κ2) is 5.29. The van der Waals surface area contributed by atoms with Crippen LogP contribution in [0.5, 0.6) is 0 Å². The van der Waals surface area contributed by atoms with Gasteiger partial charge in [0.15, 0.2) is 0 Å². The van der Waals surface area contributed by atoms with Crippen LogP contribution in [0.25, 0.3) is 0 Å². The fourth-order valence-corrected chi connectivity index (χ4v) is 1.39. The van der Waals surface area contributed by atoms with Crippen molar-refractivity contribution < 1.29 is 14.6 Å². The second-order valence-corrected chi connectivity index (χ2v) is 3.48. The lowest BCUT2D eigenvalue weighted by molar-refractivity contribution is 0.148. The molecule has 0 saturated heterocycles. The second-order valence-electron chi connectivity index (χ2n) is 3.05. The molecule has 78 valence electrons. The zero-order valence-corrected chi connectivity index (χ0v) is 8.34. The molecule has 1 aromatic carbocycles. The maximum Gasteiger partial charge on any atom is 0.129 e. The molecule has 4 heteroatoms. The van der Waals surface area contributed by atoms with E-state index in [4.69, 9.17) is 16.7 Å². The van der Waals surface area contributed by atoms with Gasteiger partial charge in [-0.15, -0.1) is 0 Å². The first kappa shape index (κ1) is 11.4. The van der Waals surface area contributed by atoms with Gasteiger partial charge in [0.1, 0.15) is 5.82 Å². The molecular weight excluding hydrogens is 207 g/mol. The van der Waals surface area contributed by atoms with Crippen molar-refractivity contribution >= 4 is 11.6 Å². The fraction of sp³-hybridized carbons (Fsp3) is 0.400. The molecule has 2 N–H and O–H groups in total. The molecule has 0 aliphatic rings. The zero-order valence-electron chi connectivity index (χ0n) is 7.58. The molecule has 0 aliphatic carbocycles. The minimum atomic E-state index is -0.902. The highest BCUT2D eigenvalue weighted by molar-refractivity contribution is 6.30. The smallest absolute Gasteiger partial charge is 0.129 e. The van der Waals surface area contributed by atoms with Crippen molar-refractivity contribution in [1.82, 2.24) is 0 Å². The van der Waals surface area contributed by atoms with Gasteiger partial charge in [-0.25, -0.2) is 4.39 Å². The van der Waals surface area contributed by atoms with Crippen LogP contribution in [0.2, 0.25) is 5.02 Å². The molecule has 1 rings (SSSR count). The van der Waals surface area contributed by atoms with Crippen molar-refractivity contribution in [2.45, 2.75) is 18.9 Å². The number of aliphatic hydroxyl groups excluding tert-OH is 2. The van der Waals surface area contributed by atoms with Gasteiger partial charge in [-0.2, -0.15) is 0 Å². The number of hydrogen-bond donors (Lipinski definition) is 2. The van der Waals surface area contributed by atoms with Crippen molar-refractivity contribution in [2.75, 3.05) is 6.61 Å². The van der Waals surface area contributed by atoms with E-state index in [1.807, 2.05) is 0 Å². The summed E-state index contributed by atoms with van der Waals surface area (Å²) in [5.74, 6) is -0.472. The van der Waals surface area contributed by atoms with Gasteiger partial charge < -0.3 is 10.2 Å². The van der Waals surface area contributed by atoms with Gasteiger partial charge >= 0.3 is 0 Å². The lowest BCUT2D eigenvalue weighted by Crippen LogP contribution is -2.01. The van der Waals surface area contributed by atoms with Crippen LogP contribution < -0.4 is 0 Å². The fourth-order valence-electron chi connectivity index (χ4n) is 1.21. The van der Waals surface area contributed by atoms with Crippen molar-refractivity contribution in [3.63, 3.8) is 0 Å². The van der Waals surface area contributed by atoms with Crippen molar-refractivity contribution in [3.8, 4) is 0 Å². The molecule has 0 radical (unpaired) electrons. The number of rotatable bonds is 4. The predicted octanol–water partition coefficient (Wildman–Crippen LogP) is 2.29. The summed E-state index contributed by atoms with van der Waals surface area (Å²) in [4.78, 5) is 0. The molecule has 0 fully saturated rings. The normalized spacial score (nSPS) is 12.9. The summed E-state index contributed by atoms with van der Waals surface area (Å²) >= 11 is 5.67. The van der Waals surface area contributed by atoms with Crippen LogP contribution in [-0.2, 0) is 0 Å². The molecule has 0 saturated carbocycles. The van der Waals surface area contributed by atoms with E-state index in [1.165, 1.54) is 18.2 Å². The average molecular weight is 219 g/mol. The number of aliphatic hydroxyl groups is 2. The standard InChI is InChI=1S/C10H12ClFO2/c11-7-3-4-9(12)8(6-7)10(14)2-1-5-13/h3-4,6,10,13-14H,1-2,5H2. The van der Waals surface area contributed by atoms with Gasteiger partial charge in [-0.05, 0) is 31.0 Å². The van der Waals surface area contributed by atoms with Crippen LogP contribution in [0.15, 0.2) is 18.2 Å². The topological polar surface area (TPSA) is 40.5 Å². The van der Waals surface area contributed by atoms with Gasteiger partial charge in [0.25, 0.3) is 0 Å². The average Bonchev–Trinajstić information content (AvgIpc) is 2.18. The summed E-state index contributed by atoms with van der Waals surface area (Å²) in [6.07, 6.45) is -0.137. The molecule has 2 nitrogen and oxygen atoms in total. The molecule has 1 aromatic rings. The molecule has 1 unspecified atom stereocenters. The summed E-state index contributed by atoms with van der Waals surface area (Å²) in [5, 5.41) is 18.5. The molecule has 0 amide bonds. The molecule has 0 heterocycles. The van der Waals surface area contributed by atoms with Crippen LogP contribution in [0.3, 0.4) is 0 Å². The lowest BCUT2D eigenvalue weighted by Gasteiger charge is -2.11. The first-order chi connectivity index (χ1) is 6.65. The van der Waals surface area contributed by atoms with Gasteiger partial charge in [0, 0.05) is 17.2 Å². The lowest BCUT2D eigenvalue weighted by atomic mass is 10.0. The first-order valence-corrected chi connectivity index (χ1v) is 4.77. The van der Waals surface area contributed by atoms with Gasteiger partial charge in [-0.1, -0.05) is 11.6 Å². The Morgan fingerprint density at radius 2 is 2.14 bits per heavy atom. The summed E-state index contributed by atoms with van der Waals surface area (Å²) in [6, 6.07) is 4.05. The summed E-state index contributed by atoms with van der Waals surface area (Å²) in [7, 11) is 0. The van der Waals surface area contributed by atoms with E-state index in [2.05, 4.69) is 0 Å². The van der Waals surface area contributed by atoms with Crippen LogP contribution in [0.1, 0.15) is 24.5 Å². The molecule has 0 aromatic heterocycles. The number of halogens is 2. The largest absolute Gasteiger partial charge is 0.396 e. The monoisotopic (exact) mass is 218 g/mol. The molecular formula is C10H12ClFO2. The Morgan fingerprint density at radius 1 is 1.43 bits per heavy atom. The molecule has 0 aliphatic heterocycles. The van der Waals surface area contributed by atoms with Gasteiger partial charge in [-0.3, -0.25) is 0 Å². The van der Waals surface area contributed by atoms with E-state index in [0.29, 0.717) is 17.9 Å². The minimum absolute atomic E-state index is 0.0146. The van der Waals surface area contributed by atoms with E-state index < -0.39 is 11.9 Å². The Morgan fingerprint density at radius 3 is 2.79 bits per heavy atom. The Hall–Kier alpha value is -0.640. The van der Waals surface area contributed by atoms with Crippen LogP contribution >= 0.6 is 11.6 Å². The summed E-state index contributed by atoms with van der Waals surface area (Å²) in [5.41, 5.74) is 0.186. The minimum Gasteiger partial charge on any atom is -0.396 e. The van der Waals surface area contributed by atoms with Crippen molar-refractivity contribution in [2.24, 2.45) is 0 Å². The van der Waals surface area contributed by atoms with Crippen LogP contribution in [-0.4, -0.2) is 16.8 Å². The maximum atomic E-state index is 13.2. The van der Waals surface area contributed by atoms with Crippen LogP contribution in [0.4, 0.5) is 4.39 Å². The molecule has 1 atom stereocenters. The Balaban J connectivity index is 2.77. The first-order valence-electron chi connectivity index (χ1n) is 4.39. The summed E-state index contributed by atoms with van der Waals surface area (Å²) < 4.78 is 13.2. The van der Waals surface area contributed by atoms with Gasteiger partial charge in [0.05, 0.1) is 6.10 Å². The highest BCUT2D eigenvalue weighted by atomic mass is 35.5. The summed E-state index contributed by atoms with van der Waals surface area (Å²) in [6.45, 7) is -0.0146. The SMILES string of the molecule is OCCCC(O)c1cc(Cl)ccc1F. The van der Waals surface area contributed by atoms with Crippen molar-refractivity contribution in [1.29, 1.82) is 0 Å². The number of hydrogen-bond acceptors (Lipinski definition) is 2. The Labute approximate surface area is 86.9 Å².